The van der Waals surface area contributed by atoms with Crippen molar-refractivity contribution >= 4 is 39.1 Å². The largest absolute Gasteiger partial charge is 0.459 e. The molecule has 0 spiro atoms. The Morgan fingerprint density at radius 3 is 3.15 bits per heavy atom. The highest BCUT2D eigenvalue weighted by Crippen LogP contribution is 2.30. The van der Waals surface area contributed by atoms with Crippen LogP contribution < -0.4 is 0 Å². The van der Waals surface area contributed by atoms with Crippen molar-refractivity contribution in [3.63, 3.8) is 0 Å². The summed E-state index contributed by atoms with van der Waals surface area (Å²) >= 11 is 7.49. The molecule has 0 bridgehead atoms. The summed E-state index contributed by atoms with van der Waals surface area (Å²) in [5, 5.41) is 2.46. The van der Waals surface area contributed by atoms with Gasteiger partial charge in [-0.05, 0) is 13.0 Å². The Balaban J connectivity index is 1.63. The van der Waals surface area contributed by atoms with Gasteiger partial charge in [0.05, 0.1) is 21.8 Å². The first-order chi connectivity index (χ1) is 9.65. The van der Waals surface area contributed by atoms with Crippen LogP contribution in [0.2, 0.25) is 5.02 Å². The van der Waals surface area contributed by atoms with Crippen LogP contribution in [-0.2, 0) is 11.3 Å². The summed E-state index contributed by atoms with van der Waals surface area (Å²) in [5.41, 5.74) is 1.21. The smallest absolute Gasteiger partial charge is 0.354 e. The number of nitrogens with zero attached hydrogens (tertiary/aromatic N) is 2. The maximum Gasteiger partial charge on any atom is 0.354 e. The number of aromatic nitrogens is 3. The fraction of sp³-hybridized carbons (Fsp3) is 0.231. The van der Waals surface area contributed by atoms with Crippen molar-refractivity contribution in [2.24, 2.45) is 0 Å². The maximum absolute atomic E-state index is 11.9. The molecule has 3 heterocycles. The van der Waals surface area contributed by atoms with Crippen LogP contribution in [0.1, 0.15) is 16.3 Å². The average Bonchev–Trinajstić information content (AvgIpc) is 3.09. The van der Waals surface area contributed by atoms with Gasteiger partial charge in [-0.2, -0.15) is 0 Å². The van der Waals surface area contributed by atoms with Gasteiger partial charge in [-0.3, -0.25) is 0 Å². The van der Waals surface area contributed by atoms with E-state index in [0.717, 1.165) is 16.0 Å². The van der Waals surface area contributed by atoms with Crippen LogP contribution in [-0.4, -0.2) is 27.1 Å². The molecule has 104 valence electrons. The molecule has 3 aromatic heterocycles. The van der Waals surface area contributed by atoms with Gasteiger partial charge in [-0.1, -0.05) is 11.6 Å². The summed E-state index contributed by atoms with van der Waals surface area (Å²) in [5.74, 6) is 0.524. The van der Waals surface area contributed by atoms with E-state index in [2.05, 4.69) is 9.97 Å². The van der Waals surface area contributed by atoms with Gasteiger partial charge in [-0.15, -0.1) is 11.3 Å². The highest BCUT2D eigenvalue weighted by atomic mass is 35.5. The summed E-state index contributed by atoms with van der Waals surface area (Å²) in [6.07, 6.45) is 3.58. The molecule has 1 N–H and O–H groups in total. The number of esters is 1. The van der Waals surface area contributed by atoms with Crippen LogP contribution in [0.25, 0.3) is 10.2 Å². The standard InChI is InChI=1S/C13H12ClN3O2S/c1-8-15-2-3-17(8)4-5-19-13(18)10-6-11-12(16-10)9(14)7-20-11/h2-3,6-7,16H,4-5H2,1H3. The van der Waals surface area contributed by atoms with E-state index >= 15 is 0 Å². The lowest BCUT2D eigenvalue weighted by atomic mass is 10.4. The van der Waals surface area contributed by atoms with Crippen molar-refractivity contribution < 1.29 is 9.53 Å². The van der Waals surface area contributed by atoms with Crippen LogP contribution in [0.3, 0.4) is 0 Å². The van der Waals surface area contributed by atoms with E-state index in [4.69, 9.17) is 16.3 Å². The predicted octanol–water partition coefficient (Wildman–Crippen LogP) is 3.24. The minimum Gasteiger partial charge on any atom is -0.459 e. The average molecular weight is 310 g/mol. The summed E-state index contributed by atoms with van der Waals surface area (Å²) < 4.78 is 8.12. The molecule has 0 aliphatic carbocycles. The molecular formula is C13H12ClN3O2S. The second-order valence-corrected chi connectivity index (χ2v) is 5.63. The summed E-state index contributed by atoms with van der Waals surface area (Å²) in [7, 11) is 0. The van der Waals surface area contributed by atoms with E-state index in [0.29, 0.717) is 23.9 Å². The number of H-pyrrole nitrogens is 1. The molecule has 3 rings (SSSR count). The number of hydrogen-bond donors (Lipinski definition) is 1. The SMILES string of the molecule is Cc1nccn1CCOC(=O)c1cc2scc(Cl)c2[nH]1. The van der Waals surface area contributed by atoms with Gasteiger partial charge in [-0.25, -0.2) is 9.78 Å². The van der Waals surface area contributed by atoms with Gasteiger partial charge < -0.3 is 14.3 Å². The predicted molar refractivity (Wildman–Crippen MR) is 78.4 cm³/mol. The first-order valence-corrected chi connectivity index (χ1v) is 7.31. The number of halogens is 1. The molecule has 0 saturated carbocycles. The minimum atomic E-state index is -0.373. The zero-order valence-corrected chi connectivity index (χ0v) is 12.3. The van der Waals surface area contributed by atoms with E-state index in [-0.39, 0.29) is 5.97 Å². The third-order valence-corrected chi connectivity index (χ3v) is 4.38. The van der Waals surface area contributed by atoms with Crippen LogP contribution >= 0.6 is 22.9 Å². The molecule has 0 saturated heterocycles. The van der Waals surface area contributed by atoms with Gasteiger partial charge >= 0.3 is 5.97 Å². The quantitative estimate of drug-likeness (QED) is 0.753. The summed E-state index contributed by atoms with van der Waals surface area (Å²) in [6, 6.07) is 1.76. The number of hydrogen-bond acceptors (Lipinski definition) is 4. The molecule has 7 heteroatoms. The minimum absolute atomic E-state index is 0.302. The van der Waals surface area contributed by atoms with E-state index < -0.39 is 0 Å². The number of carbonyl (C=O) groups is 1. The zero-order valence-electron chi connectivity index (χ0n) is 10.7. The summed E-state index contributed by atoms with van der Waals surface area (Å²) in [6.45, 7) is 2.80. The number of aryl methyl sites for hydroxylation is 1. The lowest BCUT2D eigenvalue weighted by Crippen LogP contribution is -2.12. The van der Waals surface area contributed by atoms with Crippen LogP contribution in [0.15, 0.2) is 23.8 Å². The normalized spacial score (nSPS) is 11.1. The molecule has 0 aromatic carbocycles. The maximum atomic E-state index is 11.9. The number of ether oxygens (including phenoxy) is 1. The molecule has 0 atom stereocenters. The second-order valence-electron chi connectivity index (χ2n) is 4.31. The molecular weight excluding hydrogens is 298 g/mol. The van der Waals surface area contributed by atoms with Crippen LogP contribution in [0, 0.1) is 6.92 Å². The van der Waals surface area contributed by atoms with Crippen LogP contribution in [0.4, 0.5) is 0 Å². The van der Waals surface area contributed by atoms with Gasteiger partial charge in [0.15, 0.2) is 0 Å². The number of imidazole rings is 1. The number of thiophene rings is 1. The van der Waals surface area contributed by atoms with Crippen molar-refractivity contribution in [1.82, 2.24) is 14.5 Å². The van der Waals surface area contributed by atoms with Crippen molar-refractivity contribution in [3.05, 3.63) is 40.4 Å². The molecule has 0 unspecified atom stereocenters. The lowest BCUT2D eigenvalue weighted by Gasteiger charge is -2.05. The molecule has 0 aliphatic heterocycles. The molecule has 20 heavy (non-hydrogen) atoms. The molecule has 0 amide bonds. The molecule has 5 nitrogen and oxygen atoms in total. The Hall–Kier alpha value is -1.79. The van der Waals surface area contributed by atoms with Crippen LogP contribution in [0.5, 0.6) is 0 Å². The molecule has 3 aromatic rings. The van der Waals surface area contributed by atoms with Gasteiger partial charge in [0.25, 0.3) is 0 Å². The third-order valence-electron chi connectivity index (χ3n) is 3.02. The number of carbonyl (C=O) groups excluding carboxylic acids is 1. The summed E-state index contributed by atoms with van der Waals surface area (Å²) in [4.78, 5) is 19.0. The number of nitrogens with one attached hydrogen (secondary N) is 1. The Morgan fingerprint density at radius 2 is 2.45 bits per heavy atom. The van der Waals surface area contributed by atoms with Crippen molar-refractivity contribution in [2.45, 2.75) is 13.5 Å². The van der Waals surface area contributed by atoms with Gasteiger partial charge in [0.2, 0.25) is 0 Å². The van der Waals surface area contributed by atoms with E-state index in [1.165, 1.54) is 11.3 Å². The molecule has 0 radical (unpaired) electrons. The van der Waals surface area contributed by atoms with E-state index in [1.807, 2.05) is 23.1 Å². The molecule has 0 aliphatic rings. The fourth-order valence-corrected chi connectivity index (χ4v) is 3.10. The first kappa shape index (κ1) is 13.2. The monoisotopic (exact) mass is 309 g/mol. The number of fused-ring (bicyclic) bond motifs is 1. The Kier molecular flexibility index (Phi) is 3.50. The Labute approximate surface area is 124 Å². The topological polar surface area (TPSA) is 59.9 Å². The number of rotatable bonds is 4. The third kappa shape index (κ3) is 2.44. The van der Waals surface area contributed by atoms with Crippen molar-refractivity contribution in [2.75, 3.05) is 6.61 Å². The van der Waals surface area contributed by atoms with E-state index in [9.17, 15) is 4.79 Å². The highest BCUT2D eigenvalue weighted by Gasteiger charge is 2.13. The number of aromatic amines is 1. The van der Waals surface area contributed by atoms with Crippen molar-refractivity contribution in [3.8, 4) is 0 Å². The van der Waals surface area contributed by atoms with Gasteiger partial charge in [0, 0.05) is 17.8 Å². The fourth-order valence-electron chi connectivity index (χ4n) is 1.94. The Bertz CT molecular complexity index is 759. The Morgan fingerprint density at radius 1 is 1.60 bits per heavy atom. The second kappa shape index (κ2) is 5.30. The zero-order chi connectivity index (χ0) is 14.1. The molecule has 0 fully saturated rings. The van der Waals surface area contributed by atoms with E-state index in [1.54, 1.807) is 12.3 Å². The van der Waals surface area contributed by atoms with Crippen molar-refractivity contribution in [1.29, 1.82) is 0 Å². The lowest BCUT2D eigenvalue weighted by molar-refractivity contribution is 0.0485. The van der Waals surface area contributed by atoms with Gasteiger partial charge in [0.1, 0.15) is 18.1 Å². The first-order valence-electron chi connectivity index (χ1n) is 6.05. The highest BCUT2D eigenvalue weighted by molar-refractivity contribution is 7.17.